The molecule has 0 aromatic heterocycles. The molecule has 4 heteroatoms. The molecule has 1 aromatic carbocycles. The maximum Gasteiger partial charge on any atom is 0.131 e. The highest BCUT2D eigenvalue weighted by Gasteiger charge is 2.34. The second-order valence-corrected chi connectivity index (χ2v) is 5.21. The largest absolute Gasteiger partial charge is 0.370 e. The summed E-state index contributed by atoms with van der Waals surface area (Å²) in [6.07, 6.45) is -0.372. The van der Waals surface area contributed by atoms with Crippen LogP contribution in [0.15, 0.2) is 18.2 Å². The summed E-state index contributed by atoms with van der Waals surface area (Å²) in [5.41, 5.74) is 0.286. The molecule has 2 unspecified atom stereocenters. The van der Waals surface area contributed by atoms with Gasteiger partial charge in [0.1, 0.15) is 17.7 Å². The lowest BCUT2D eigenvalue weighted by atomic mass is 9.95. The number of morpholine rings is 1. The number of hydrogen-bond donors (Lipinski definition) is 1. The molecule has 17 heavy (non-hydrogen) atoms. The molecular formula is C13H17F2NO. The SMILES string of the molecule is CC1NC(C)(C)COC1c1ccc(F)cc1F. The van der Waals surface area contributed by atoms with Gasteiger partial charge >= 0.3 is 0 Å². The zero-order valence-corrected chi connectivity index (χ0v) is 10.3. The zero-order valence-electron chi connectivity index (χ0n) is 10.3. The summed E-state index contributed by atoms with van der Waals surface area (Å²) in [5.74, 6) is -1.12. The van der Waals surface area contributed by atoms with Crippen LogP contribution in [-0.2, 0) is 4.74 Å². The first-order valence-corrected chi connectivity index (χ1v) is 5.73. The highest BCUT2D eigenvalue weighted by Crippen LogP contribution is 2.30. The summed E-state index contributed by atoms with van der Waals surface area (Å²) >= 11 is 0. The van der Waals surface area contributed by atoms with E-state index >= 15 is 0 Å². The van der Waals surface area contributed by atoms with Crippen molar-refractivity contribution in [3.05, 3.63) is 35.4 Å². The van der Waals surface area contributed by atoms with Crippen LogP contribution in [0.5, 0.6) is 0 Å². The Morgan fingerprint density at radius 2 is 2.06 bits per heavy atom. The Balaban J connectivity index is 2.23. The molecule has 1 saturated heterocycles. The minimum Gasteiger partial charge on any atom is -0.370 e. The monoisotopic (exact) mass is 241 g/mol. The van der Waals surface area contributed by atoms with Crippen molar-refractivity contribution in [2.24, 2.45) is 0 Å². The number of hydrogen-bond acceptors (Lipinski definition) is 2. The minimum atomic E-state index is -0.567. The number of benzene rings is 1. The van der Waals surface area contributed by atoms with E-state index in [2.05, 4.69) is 5.32 Å². The fraction of sp³-hybridized carbons (Fsp3) is 0.538. The third-order valence-corrected chi connectivity index (χ3v) is 2.97. The van der Waals surface area contributed by atoms with Crippen LogP contribution >= 0.6 is 0 Å². The van der Waals surface area contributed by atoms with Crippen molar-refractivity contribution in [2.75, 3.05) is 6.61 Å². The van der Waals surface area contributed by atoms with Crippen LogP contribution in [0.3, 0.4) is 0 Å². The molecule has 0 saturated carbocycles. The van der Waals surface area contributed by atoms with Gasteiger partial charge in [-0.15, -0.1) is 0 Å². The van der Waals surface area contributed by atoms with Crippen LogP contribution in [0.4, 0.5) is 8.78 Å². The summed E-state index contributed by atoms with van der Waals surface area (Å²) in [7, 11) is 0. The Morgan fingerprint density at radius 1 is 1.35 bits per heavy atom. The predicted molar refractivity (Wildman–Crippen MR) is 61.7 cm³/mol. The van der Waals surface area contributed by atoms with Crippen LogP contribution in [0.2, 0.25) is 0 Å². The molecular weight excluding hydrogens is 224 g/mol. The van der Waals surface area contributed by atoms with Gasteiger partial charge < -0.3 is 10.1 Å². The van der Waals surface area contributed by atoms with E-state index in [-0.39, 0.29) is 17.7 Å². The smallest absolute Gasteiger partial charge is 0.131 e. The van der Waals surface area contributed by atoms with E-state index in [9.17, 15) is 8.78 Å². The van der Waals surface area contributed by atoms with Crippen LogP contribution in [0, 0.1) is 11.6 Å². The summed E-state index contributed by atoms with van der Waals surface area (Å²) in [6, 6.07) is 3.59. The highest BCUT2D eigenvalue weighted by molar-refractivity contribution is 5.23. The van der Waals surface area contributed by atoms with E-state index in [0.29, 0.717) is 12.2 Å². The third-order valence-electron chi connectivity index (χ3n) is 2.97. The Bertz CT molecular complexity index is 420. The van der Waals surface area contributed by atoms with Crippen molar-refractivity contribution in [3.8, 4) is 0 Å². The molecule has 1 aromatic rings. The van der Waals surface area contributed by atoms with Crippen molar-refractivity contribution in [1.29, 1.82) is 0 Å². The van der Waals surface area contributed by atoms with E-state index in [0.717, 1.165) is 6.07 Å². The van der Waals surface area contributed by atoms with E-state index in [4.69, 9.17) is 4.74 Å². The molecule has 1 aliphatic heterocycles. The Hall–Kier alpha value is -1.00. The highest BCUT2D eigenvalue weighted by atomic mass is 19.1. The second-order valence-electron chi connectivity index (χ2n) is 5.21. The van der Waals surface area contributed by atoms with Gasteiger partial charge in [-0.1, -0.05) is 6.07 Å². The van der Waals surface area contributed by atoms with Gasteiger partial charge in [-0.3, -0.25) is 0 Å². The van der Waals surface area contributed by atoms with Crippen LogP contribution in [-0.4, -0.2) is 18.2 Å². The number of nitrogens with one attached hydrogen (secondary N) is 1. The van der Waals surface area contributed by atoms with E-state index in [1.165, 1.54) is 12.1 Å². The first-order valence-electron chi connectivity index (χ1n) is 5.73. The van der Waals surface area contributed by atoms with Gasteiger partial charge in [0.05, 0.1) is 6.61 Å². The number of ether oxygens (including phenoxy) is 1. The lowest BCUT2D eigenvalue weighted by molar-refractivity contribution is -0.0511. The average Bonchev–Trinajstić information content (AvgIpc) is 2.18. The molecule has 2 nitrogen and oxygen atoms in total. The molecule has 2 atom stereocenters. The number of halogens is 2. The third kappa shape index (κ3) is 2.64. The maximum atomic E-state index is 13.7. The molecule has 1 aliphatic rings. The first-order chi connectivity index (χ1) is 7.89. The molecule has 0 aliphatic carbocycles. The Kier molecular flexibility index (Phi) is 3.19. The molecule has 0 radical (unpaired) electrons. The predicted octanol–water partition coefficient (Wildman–Crippen LogP) is 2.79. The topological polar surface area (TPSA) is 21.3 Å². The van der Waals surface area contributed by atoms with Crippen LogP contribution in [0.1, 0.15) is 32.4 Å². The molecule has 0 spiro atoms. The summed E-state index contributed by atoms with van der Waals surface area (Å²) in [6.45, 7) is 6.49. The molecule has 1 N–H and O–H groups in total. The lowest BCUT2D eigenvalue weighted by Gasteiger charge is -2.41. The van der Waals surface area contributed by atoms with Gasteiger partial charge in [0.2, 0.25) is 0 Å². The summed E-state index contributed by atoms with van der Waals surface area (Å²) < 4.78 is 32.2. The van der Waals surface area contributed by atoms with Gasteiger partial charge in [0.15, 0.2) is 0 Å². The molecule has 2 rings (SSSR count). The molecule has 1 heterocycles. The summed E-state index contributed by atoms with van der Waals surface area (Å²) in [4.78, 5) is 0. The maximum absolute atomic E-state index is 13.7. The van der Waals surface area contributed by atoms with E-state index in [1.807, 2.05) is 20.8 Å². The zero-order chi connectivity index (χ0) is 12.6. The van der Waals surface area contributed by atoms with Crippen molar-refractivity contribution in [1.82, 2.24) is 5.32 Å². The lowest BCUT2D eigenvalue weighted by Crippen LogP contribution is -2.55. The Morgan fingerprint density at radius 3 is 2.65 bits per heavy atom. The van der Waals surface area contributed by atoms with Crippen LogP contribution < -0.4 is 5.32 Å². The minimum absolute atomic E-state index is 0.0151. The van der Waals surface area contributed by atoms with Crippen molar-refractivity contribution in [2.45, 2.75) is 38.5 Å². The fourth-order valence-corrected chi connectivity index (χ4v) is 2.27. The quantitative estimate of drug-likeness (QED) is 0.816. The average molecular weight is 241 g/mol. The first kappa shape index (κ1) is 12.5. The van der Waals surface area contributed by atoms with Gasteiger partial charge in [-0.05, 0) is 26.8 Å². The van der Waals surface area contributed by atoms with E-state index in [1.54, 1.807) is 0 Å². The van der Waals surface area contributed by atoms with Gasteiger partial charge in [-0.2, -0.15) is 0 Å². The number of rotatable bonds is 1. The second kappa shape index (κ2) is 4.35. The van der Waals surface area contributed by atoms with Crippen molar-refractivity contribution >= 4 is 0 Å². The standard InChI is InChI=1S/C13H17F2NO/c1-8-12(17-7-13(2,3)16-8)10-5-4-9(14)6-11(10)15/h4-6,8,12,16H,7H2,1-3H3. The molecule has 94 valence electrons. The van der Waals surface area contributed by atoms with Gasteiger partial charge in [-0.25, -0.2) is 8.78 Å². The van der Waals surface area contributed by atoms with Crippen LogP contribution in [0.25, 0.3) is 0 Å². The van der Waals surface area contributed by atoms with Crippen molar-refractivity contribution in [3.63, 3.8) is 0 Å². The van der Waals surface area contributed by atoms with E-state index < -0.39 is 11.6 Å². The van der Waals surface area contributed by atoms with Crippen molar-refractivity contribution < 1.29 is 13.5 Å². The van der Waals surface area contributed by atoms with Gasteiger partial charge in [0, 0.05) is 23.2 Å². The van der Waals surface area contributed by atoms with Gasteiger partial charge in [0.25, 0.3) is 0 Å². The normalized spacial score (nSPS) is 28.1. The molecule has 0 bridgehead atoms. The fourth-order valence-electron chi connectivity index (χ4n) is 2.27. The molecule has 0 amide bonds. The molecule has 1 fully saturated rings. The summed E-state index contributed by atoms with van der Waals surface area (Å²) in [5, 5.41) is 3.36. The Labute approximate surface area is 100.0 Å².